The number of benzene rings is 2. The number of amides is 1. The zero-order valence-electron chi connectivity index (χ0n) is 17.6. The van der Waals surface area contributed by atoms with Crippen molar-refractivity contribution >= 4 is 17.3 Å². The highest BCUT2D eigenvalue weighted by Crippen LogP contribution is 2.42. The van der Waals surface area contributed by atoms with Gasteiger partial charge in [0.15, 0.2) is 0 Å². The van der Waals surface area contributed by atoms with Gasteiger partial charge >= 0.3 is 0 Å². The fraction of sp³-hybridized carbons (Fsp3) is 0.409. The van der Waals surface area contributed by atoms with Crippen LogP contribution in [0.4, 0.5) is 15.8 Å². The Labute approximate surface area is 175 Å². The molecule has 0 spiro atoms. The number of halogens is 1. The quantitative estimate of drug-likeness (QED) is 0.552. The van der Waals surface area contributed by atoms with Crippen LogP contribution in [0.5, 0.6) is 0 Å². The van der Waals surface area contributed by atoms with E-state index in [0.717, 1.165) is 17.7 Å². The number of fused-ring (bicyclic) bond motifs is 1. The second kappa shape index (κ2) is 8.39. The standard InChI is InChI=1S/C22H27FN4O3/c1-22(2,13-24-21(28)14-5-7-15(23)8-6-14)20-12-19(26(3)4)17-11-16(27(29)30)9-10-18(17)25-20/h5-11,19-20,25H,12-13H2,1-4H3,(H,24,28). The highest BCUT2D eigenvalue weighted by atomic mass is 19.1. The fourth-order valence-electron chi connectivity index (χ4n) is 3.81. The number of carbonyl (C=O) groups excluding carboxylic acids is 1. The Bertz CT molecular complexity index is 944. The van der Waals surface area contributed by atoms with Crippen molar-refractivity contribution in [3.63, 3.8) is 0 Å². The topological polar surface area (TPSA) is 87.5 Å². The molecule has 2 unspecified atom stereocenters. The van der Waals surface area contributed by atoms with E-state index in [-0.39, 0.29) is 39.8 Å². The molecule has 30 heavy (non-hydrogen) atoms. The average Bonchev–Trinajstić information content (AvgIpc) is 2.71. The number of nitrogens with zero attached hydrogens (tertiary/aromatic N) is 2. The maximum Gasteiger partial charge on any atom is 0.269 e. The molecule has 2 aromatic rings. The molecule has 1 heterocycles. The van der Waals surface area contributed by atoms with Gasteiger partial charge in [0.1, 0.15) is 5.82 Å². The van der Waals surface area contributed by atoms with Crippen LogP contribution in [0.3, 0.4) is 0 Å². The maximum absolute atomic E-state index is 13.1. The van der Waals surface area contributed by atoms with E-state index in [2.05, 4.69) is 29.4 Å². The van der Waals surface area contributed by atoms with Crippen LogP contribution >= 0.6 is 0 Å². The number of rotatable bonds is 6. The van der Waals surface area contributed by atoms with Crippen molar-refractivity contribution in [2.45, 2.75) is 32.4 Å². The van der Waals surface area contributed by atoms with Crippen LogP contribution in [0.25, 0.3) is 0 Å². The predicted molar refractivity (Wildman–Crippen MR) is 114 cm³/mol. The van der Waals surface area contributed by atoms with E-state index in [1.54, 1.807) is 12.1 Å². The lowest BCUT2D eigenvalue weighted by Gasteiger charge is -2.43. The summed E-state index contributed by atoms with van der Waals surface area (Å²) in [6.45, 7) is 4.56. The third-order valence-electron chi connectivity index (χ3n) is 5.77. The molecule has 0 bridgehead atoms. The molecule has 3 rings (SSSR count). The molecule has 0 fully saturated rings. The summed E-state index contributed by atoms with van der Waals surface area (Å²) in [7, 11) is 3.91. The second-order valence-electron chi connectivity index (χ2n) is 8.62. The minimum Gasteiger partial charge on any atom is -0.381 e. The summed E-state index contributed by atoms with van der Waals surface area (Å²) in [5.74, 6) is -0.633. The van der Waals surface area contributed by atoms with Crippen molar-refractivity contribution < 1.29 is 14.1 Å². The Morgan fingerprint density at radius 3 is 2.53 bits per heavy atom. The molecule has 0 radical (unpaired) electrons. The van der Waals surface area contributed by atoms with E-state index in [0.29, 0.717) is 12.1 Å². The summed E-state index contributed by atoms with van der Waals surface area (Å²) in [5, 5.41) is 17.6. The van der Waals surface area contributed by atoms with Crippen LogP contribution in [0.1, 0.15) is 42.2 Å². The summed E-state index contributed by atoms with van der Waals surface area (Å²) in [6.07, 6.45) is 0.737. The molecule has 1 amide bonds. The Balaban J connectivity index is 1.76. The number of anilines is 1. The minimum atomic E-state index is -0.382. The van der Waals surface area contributed by atoms with Gasteiger partial charge < -0.3 is 15.5 Å². The lowest BCUT2D eigenvalue weighted by Crippen LogP contribution is -2.48. The molecule has 0 aromatic heterocycles. The summed E-state index contributed by atoms with van der Waals surface area (Å²) in [5.41, 5.74) is 1.95. The SMILES string of the molecule is CN(C)C1CC(C(C)(C)CNC(=O)c2ccc(F)cc2)Nc2ccc([N+](=O)[O-])cc21. The zero-order chi connectivity index (χ0) is 22.1. The average molecular weight is 414 g/mol. The van der Waals surface area contributed by atoms with E-state index in [1.807, 2.05) is 14.1 Å². The second-order valence-corrected chi connectivity index (χ2v) is 8.62. The van der Waals surface area contributed by atoms with Crippen LogP contribution in [0.15, 0.2) is 42.5 Å². The highest BCUT2D eigenvalue weighted by Gasteiger charge is 2.38. The molecule has 2 N–H and O–H groups in total. The molecule has 7 nitrogen and oxygen atoms in total. The van der Waals surface area contributed by atoms with Gasteiger partial charge in [-0.05, 0) is 56.4 Å². The summed E-state index contributed by atoms with van der Waals surface area (Å²) in [4.78, 5) is 25.3. The number of hydrogen-bond donors (Lipinski definition) is 2. The molecule has 8 heteroatoms. The van der Waals surface area contributed by atoms with Crippen molar-refractivity contribution in [2.75, 3.05) is 26.0 Å². The van der Waals surface area contributed by atoms with Crippen molar-refractivity contribution in [1.82, 2.24) is 10.2 Å². The van der Waals surface area contributed by atoms with Crippen LogP contribution < -0.4 is 10.6 Å². The molecular formula is C22H27FN4O3. The van der Waals surface area contributed by atoms with Gasteiger partial charge in [0.05, 0.1) is 4.92 Å². The maximum atomic E-state index is 13.1. The molecule has 1 aliphatic rings. The van der Waals surface area contributed by atoms with E-state index in [4.69, 9.17) is 0 Å². The molecule has 0 saturated heterocycles. The Hall–Kier alpha value is -3.00. The van der Waals surface area contributed by atoms with Gasteiger partial charge in [-0.15, -0.1) is 0 Å². The first kappa shape index (κ1) is 21.7. The fourth-order valence-corrected chi connectivity index (χ4v) is 3.81. The molecule has 1 aliphatic heterocycles. The van der Waals surface area contributed by atoms with Gasteiger partial charge in [0.2, 0.25) is 0 Å². The molecule has 0 aliphatic carbocycles. The van der Waals surface area contributed by atoms with Crippen molar-refractivity contribution in [2.24, 2.45) is 5.41 Å². The van der Waals surface area contributed by atoms with Gasteiger partial charge in [-0.1, -0.05) is 13.8 Å². The third kappa shape index (κ3) is 4.59. The first-order chi connectivity index (χ1) is 14.1. The summed E-state index contributed by atoms with van der Waals surface area (Å²) < 4.78 is 13.1. The van der Waals surface area contributed by atoms with Crippen LogP contribution in [-0.4, -0.2) is 42.4 Å². The minimum absolute atomic E-state index is 0.0122. The summed E-state index contributed by atoms with van der Waals surface area (Å²) in [6, 6.07) is 10.4. The van der Waals surface area contributed by atoms with Gasteiger partial charge in [-0.2, -0.15) is 0 Å². The predicted octanol–water partition coefficient (Wildman–Crippen LogP) is 3.98. The Morgan fingerprint density at radius 2 is 1.93 bits per heavy atom. The monoisotopic (exact) mass is 414 g/mol. The van der Waals surface area contributed by atoms with Gasteiger partial charge in [0, 0.05) is 47.4 Å². The van der Waals surface area contributed by atoms with Gasteiger partial charge in [-0.3, -0.25) is 14.9 Å². The lowest BCUT2D eigenvalue weighted by molar-refractivity contribution is -0.384. The molecule has 2 atom stereocenters. The number of non-ortho nitro benzene ring substituents is 1. The van der Waals surface area contributed by atoms with Crippen molar-refractivity contribution in [1.29, 1.82) is 0 Å². The van der Waals surface area contributed by atoms with E-state index in [1.165, 1.54) is 30.3 Å². The third-order valence-corrected chi connectivity index (χ3v) is 5.77. The first-order valence-electron chi connectivity index (χ1n) is 9.83. The first-order valence-corrected chi connectivity index (χ1v) is 9.83. The Kier molecular flexibility index (Phi) is 6.07. The van der Waals surface area contributed by atoms with E-state index >= 15 is 0 Å². The molecule has 160 valence electrons. The number of carbonyl (C=O) groups is 1. The lowest BCUT2D eigenvalue weighted by atomic mass is 9.77. The van der Waals surface area contributed by atoms with Crippen LogP contribution in [-0.2, 0) is 0 Å². The highest BCUT2D eigenvalue weighted by molar-refractivity contribution is 5.94. The van der Waals surface area contributed by atoms with E-state index < -0.39 is 0 Å². The molecule has 2 aromatic carbocycles. The summed E-state index contributed by atoms with van der Waals surface area (Å²) >= 11 is 0. The Morgan fingerprint density at radius 1 is 1.27 bits per heavy atom. The normalized spacial score (nSPS) is 18.5. The van der Waals surface area contributed by atoms with Crippen LogP contribution in [0.2, 0.25) is 0 Å². The number of nitro benzene ring substituents is 1. The van der Waals surface area contributed by atoms with Gasteiger partial charge in [-0.25, -0.2) is 4.39 Å². The van der Waals surface area contributed by atoms with Crippen LogP contribution in [0, 0.1) is 21.3 Å². The molecule has 0 saturated carbocycles. The number of nitro groups is 1. The van der Waals surface area contributed by atoms with Crippen molar-refractivity contribution in [3.8, 4) is 0 Å². The van der Waals surface area contributed by atoms with Crippen molar-refractivity contribution in [3.05, 3.63) is 69.5 Å². The van der Waals surface area contributed by atoms with E-state index in [9.17, 15) is 19.3 Å². The molecular weight excluding hydrogens is 387 g/mol. The number of hydrogen-bond acceptors (Lipinski definition) is 5. The number of nitrogens with one attached hydrogen (secondary N) is 2. The smallest absolute Gasteiger partial charge is 0.269 e. The zero-order valence-corrected chi connectivity index (χ0v) is 17.6. The van der Waals surface area contributed by atoms with Gasteiger partial charge in [0.25, 0.3) is 11.6 Å². The largest absolute Gasteiger partial charge is 0.381 e.